The molecule has 0 unspecified atom stereocenters. The molecule has 0 saturated heterocycles. The van der Waals surface area contributed by atoms with Crippen LogP contribution < -0.4 is 0 Å². The molecule has 6 nitrogen and oxygen atoms in total. The largest absolute Gasteiger partial charge is 0.476 e. The van der Waals surface area contributed by atoms with E-state index in [0.29, 0.717) is 12.1 Å². The molecular weight excluding hydrogens is 352 g/mol. The number of hydrogen-bond donors (Lipinski definition) is 1. The first-order valence-corrected chi connectivity index (χ1v) is 9.82. The summed E-state index contributed by atoms with van der Waals surface area (Å²) in [6.45, 7) is 4.92. The van der Waals surface area contributed by atoms with Crippen molar-refractivity contribution >= 4 is 5.97 Å². The van der Waals surface area contributed by atoms with Crippen LogP contribution in [0.3, 0.4) is 0 Å². The zero-order valence-electron chi connectivity index (χ0n) is 16.4. The second kappa shape index (κ2) is 9.26. The highest BCUT2D eigenvalue weighted by atomic mass is 16.4. The van der Waals surface area contributed by atoms with Gasteiger partial charge in [0.2, 0.25) is 0 Å². The lowest BCUT2D eigenvalue weighted by atomic mass is 10.0. The normalized spacial score (nSPS) is 10.9. The van der Waals surface area contributed by atoms with Gasteiger partial charge in [-0.3, -0.25) is 0 Å². The third kappa shape index (κ3) is 4.63. The van der Waals surface area contributed by atoms with Gasteiger partial charge >= 0.3 is 5.97 Å². The molecule has 6 heteroatoms. The minimum absolute atomic E-state index is 0.0670. The molecule has 146 valence electrons. The number of aromatic carboxylic acids is 1. The summed E-state index contributed by atoms with van der Waals surface area (Å²) in [4.78, 5) is 20.1. The summed E-state index contributed by atoms with van der Waals surface area (Å²) in [7, 11) is 0. The van der Waals surface area contributed by atoms with Crippen molar-refractivity contribution in [2.75, 3.05) is 0 Å². The van der Waals surface area contributed by atoms with Crippen LogP contribution in [0, 0.1) is 0 Å². The van der Waals surface area contributed by atoms with Gasteiger partial charge in [-0.2, -0.15) is 5.10 Å². The number of unbranched alkanes of at least 4 members (excludes halogenated alkanes) is 2. The monoisotopic (exact) mass is 378 g/mol. The molecule has 1 aromatic carbocycles. The Bertz CT molecular complexity index is 932. The molecule has 0 aliphatic carbocycles. The molecule has 0 spiro atoms. The van der Waals surface area contributed by atoms with Crippen molar-refractivity contribution in [2.24, 2.45) is 0 Å². The summed E-state index contributed by atoms with van der Waals surface area (Å²) in [5, 5.41) is 14.0. The lowest BCUT2D eigenvalue weighted by molar-refractivity contribution is 0.0691. The smallest absolute Gasteiger partial charge is 0.355 e. The van der Waals surface area contributed by atoms with Crippen molar-refractivity contribution in [1.29, 1.82) is 0 Å². The number of carbonyl (C=O) groups is 1. The van der Waals surface area contributed by atoms with Gasteiger partial charge in [-0.05, 0) is 23.6 Å². The second-order valence-corrected chi connectivity index (χ2v) is 6.81. The molecule has 0 fully saturated rings. The van der Waals surface area contributed by atoms with Crippen molar-refractivity contribution in [3.05, 3.63) is 65.5 Å². The van der Waals surface area contributed by atoms with E-state index in [9.17, 15) is 9.90 Å². The molecule has 0 atom stereocenters. The molecule has 0 amide bonds. The summed E-state index contributed by atoms with van der Waals surface area (Å²) in [6, 6.07) is 11.4. The van der Waals surface area contributed by atoms with Gasteiger partial charge in [-0.1, -0.05) is 57.0 Å². The van der Waals surface area contributed by atoms with Gasteiger partial charge in [0, 0.05) is 24.6 Å². The number of aromatic nitrogens is 4. The standard InChI is InChI=1S/C22H26N4O2/c1-3-5-6-9-20-24-19(4-2)25-26(20)15-16-10-12-17(13-11-16)18-8-7-14-23-21(18)22(27)28/h7-8,10-14H,3-6,9,15H2,1-2H3,(H,27,28). The number of aryl methyl sites for hydroxylation is 2. The van der Waals surface area contributed by atoms with Crippen molar-refractivity contribution in [1.82, 2.24) is 19.7 Å². The van der Waals surface area contributed by atoms with E-state index in [0.717, 1.165) is 42.0 Å². The van der Waals surface area contributed by atoms with Crippen LogP contribution in [0.5, 0.6) is 0 Å². The van der Waals surface area contributed by atoms with Gasteiger partial charge in [0.15, 0.2) is 11.5 Å². The molecule has 3 aromatic rings. The summed E-state index contributed by atoms with van der Waals surface area (Å²) >= 11 is 0. The predicted molar refractivity (Wildman–Crippen MR) is 108 cm³/mol. The Hall–Kier alpha value is -3.02. The van der Waals surface area contributed by atoms with E-state index in [1.54, 1.807) is 12.1 Å². The van der Waals surface area contributed by atoms with Gasteiger partial charge in [0.25, 0.3) is 0 Å². The van der Waals surface area contributed by atoms with Gasteiger partial charge in [0.1, 0.15) is 5.82 Å². The predicted octanol–water partition coefficient (Wildman–Crippen LogP) is 4.38. The van der Waals surface area contributed by atoms with E-state index >= 15 is 0 Å². The molecule has 2 aromatic heterocycles. The summed E-state index contributed by atoms with van der Waals surface area (Å²) < 4.78 is 2.00. The molecule has 0 aliphatic heterocycles. The zero-order valence-corrected chi connectivity index (χ0v) is 16.4. The van der Waals surface area contributed by atoms with Crippen molar-refractivity contribution in [3.63, 3.8) is 0 Å². The van der Waals surface area contributed by atoms with Gasteiger partial charge < -0.3 is 5.11 Å². The number of benzene rings is 1. The Morgan fingerprint density at radius 1 is 1.11 bits per heavy atom. The average molecular weight is 378 g/mol. The minimum atomic E-state index is -1.02. The molecule has 0 aliphatic rings. The third-order valence-electron chi connectivity index (χ3n) is 4.72. The maximum atomic E-state index is 11.4. The van der Waals surface area contributed by atoms with Crippen molar-refractivity contribution in [3.8, 4) is 11.1 Å². The van der Waals surface area contributed by atoms with E-state index in [1.165, 1.54) is 19.0 Å². The van der Waals surface area contributed by atoms with Gasteiger partial charge in [-0.15, -0.1) is 0 Å². The number of hydrogen-bond acceptors (Lipinski definition) is 4. The fraction of sp³-hybridized carbons (Fsp3) is 0.364. The maximum Gasteiger partial charge on any atom is 0.355 e. The number of rotatable bonds is 9. The molecule has 0 radical (unpaired) electrons. The first-order valence-electron chi connectivity index (χ1n) is 9.82. The zero-order chi connectivity index (χ0) is 19.9. The molecule has 3 rings (SSSR count). The first-order chi connectivity index (χ1) is 13.6. The van der Waals surface area contributed by atoms with Crippen LogP contribution in [0.25, 0.3) is 11.1 Å². The van der Waals surface area contributed by atoms with Crippen LogP contribution in [-0.2, 0) is 19.4 Å². The number of nitrogens with zero attached hydrogens (tertiary/aromatic N) is 4. The topological polar surface area (TPSA) is 80.9 Å². The van der Waals surface area contributed by atoms with Gasteiger partial charge in [-0.25, -0.2) is 19.4 Å². The fourth-order valence-electron chi connectivity index (χ4n) is 3.19. The Balaban J connectivity index is 1.80. The minimum Gasteiger partial charge on any atom is -0.476 e. The lowest BCUT2D eigenvalue weighted by Crippen LogP contribution is -2.07. The Labute approximate surface area is 165 Å². The Morgan fingerprint density at radius 2 is 1.89 bits per heavy atom. The van der Waals surface area contributed by atoms with E-state index < -0.39 is 5.97 Å². The summed E-state index contributed by atoms with van der Waals surface area (Å²) in [5.41, 5.74) is 2.63. The van der Waals surface area contributed by atoms with Crippen LogP contribution >= 0.6 is 0 Å². The highest BCUT2D eigenvalue weighted by Gasteiger charge is 2.13. The summed E-state index contributed by atoms with van der Waals surface area (Å²) in [6.07, 6.45) is 6.76. The molecule has 1 N–H and O–H groups in total. The first kappa shape index (κ1) is 19.7. The quantitative estimate of drug-likeness (QED) is 0.559. The van der Waals surface area contributed by atoms with E-state index in [4.69, 9.17) is 0 Å². The van der Waals surface area contributed by atoms with Crippen LogP contribution in [0.2, 0.25) is 0 Å². The Kier molecular flexibility index (Phi) is 6.53. The van der Waals surface area contributed by atoms with E-state index in [1.807, 2.05) is 28.9 Å². The van der Waals surface area contributed by atoms with Gasteiger partial charge in [0.05, 0.1) is 6.54 Å². The molecule has 2 heterocycles. The van der Waals surface area contributed by atoms with Crippen LogP contribution in [0.1, 0.15) is 60.8 Å². The fourth-order valence-corrected chi connectivity index (χ4v) is 3.19. The number of carboxylic acid groups (broad SMARTS) is 1. The third-order valence-corrected chi connectivity index (χ3v) is 4.72. The molecule has 0 bridgehead atoms. The molecule has 28 heavy (non-hydrogen) atoms. The SMILES string of the molecule is CCCCCc1nc(CC)nn1Cc1ccc(-c2cccnc2C(=O)O)cc1. The number of carboxylic acids is 1. The molecule has 0 saturated carbocycles. The molecular formula is C22H26N4O2. The van der Waals surface area contributed by atoms with E-state index in [-0.39, 0.29) is 5.69 Å². The van der Waals surface area contributed by atoms with E-state index in [2.05, 4.69) is 28.9 Å². The van der Waals surface area contributed by atoms with Crippen molar-refractivity contribution < 1.29 is 9.90 Å². The highest BCUT2D eigenvalue weighted by Crippen LogP contribution is 2.23. The second-order valence-electron chi connectivity index (χ2n) is 6.81. The maximum absolute atomic E-state index is 11.4. The number of pyridine rings is 1. The van der Waals surface area contributed by atoms with Crippen LogP contribution in [0.4, 0.5) is 0 Å². The highest BCUT2D eigenvalue weighted by molar-refractivity contribution is 5.93. The summed E-state index contributed by atoms with van der Waals surface area (Å²) in [5.74, 6) is 0.894. The van der Waals surface area contributed by atoms with Crippen molar-refractivity contribution in [2.45, 2.75) is 52.5 Å². The Morgan fingerprint density at radius 3 is 2.57 bits per heavy atom. The average Bonchev–Trinajstić information content (AvgIpc) is 3.10. The lowest BCUT2D eigenvalue weighted by Gasteiger charge is -2.08. The van der Waals surface area contributed by atoms with Crippen LogP contribution in [-0.4, -0.2) is 30.8 Å². The van der Waals surface area contributed by atoms with Crippen LogP contribution in [0.15, 0.2) is 42.6 Å².